The maximum absolute atomic E-state index is 13.6. The highest BCUT2D eigenvalue weighted by molar-refractivity contribution is 5.90. The number of hydrogen-bond donors (Lipinski definition) is 1. The zero-order valence-electron chi connectivity index (χ0n) is 63.3. The van der Waals surface area contributed by atoms with Crippen LogP contribution in [0.5, 0.6) is 23.0 Å². The average molecular weight is 1580 g/mol. The number of benzene rings is 8. The van der Waals surface area contributed by atoms with Gasteiger partial charge in [0, 0.05) is 121 Å². The van der Waals surface area contributed by atoms with Crippen LogP contribution in [0.15, 0.2) is 139 Å². The molecule has 0 bridgehead atoms. The van der Waals surface area contributed by atoms with Crippen molar-refractivity contribution in [3.05, 3.63) is 166 Å². The fourth-order valence-electron chi connectivity index (χ4n) is 16.4. The Hall–Kier alpha value is -12.0. The number of carbonyl (C=O) groups excluding carboxylic acids is 1. The lowest BCUT2D eigenvalue weighted by molar-refractivity contribution is -0.146. The second kappa shape index (κ2) is 31.8. The number of aromatic nitrogens is 4. The minimum absolute atomic E-state index is 0.00166. The lowest BCUT2D eigenvalue weighted by Crippen LogP contribution is -2.52. The van der Waals surface area contributed by atoms with Gasteiger partial charge < -0.3 is 46.5 Å². The molecule has 4 fully saturated rings. The van der Waals surface area contributed by atoms with Gasteiger partial charge in [0.2, 0.25) is 23.6 Å². The van der Waals surface area contributed by atoms with Gasteiger partial charge in [-0.3, -0.25) is 29.2 Å². The molecule has 594 valence electrons. The minimum Gasteiger partial charge on any atom is -0.480 e. The summed E-state index contributed by atoms with van der Waals surface area (Å²) in [5.41, 5.74) is 11.1. The van der Waals surface area contributed by atoms with Gasteiger partial charge in [-0.25, -0.2) is 19.9 Å². The fourth-order valence-corrected chi connectivity index (χ4v) is 16.4. The molecular formula is C85H76F8N10O12. The molecule has 115 heavy (non-hydrogen) atoms. The number of carboxylic acids is 1. The topological polar surface area (TPSA) is 265 Å². The number of hydrogen-bond acceptors (Lipinski definition) is 21. The van der Waals surface area contributed by atoms with E-state index in [2.05, 4.69) is 54.6 Å². The van der Waals surface area contributed by atoms with Gasteiger partial charge in [0.1, 0.15) is 69.3 Å². The Labute approximate surface area is 652 Å². The normalized spacial score (nSPS) is 17.0. The first-order valence-electron chi connectivity index (χ1n) is 37.1. The number of likely N-dealkylation sites (tertiary alicyclic amines) is 4. The third kappa shape index (κ3) is 16.3. The summed E-state index contributed by atoms with van der Waals surface area (Å²) < 4.78 is 157. The molecule has 1 N–H and O–H groups in total. The molecule has 30 heteroatoms. The zero-order chi connectivity index (χ0) is 81.1. The maximum atomic E-state index is 13.6. The van der Waals surface area contributed by atoms with E-state index >= 15 is 0 Å². The molecule has 4 aliphatic heterocycles. The Morgan fingerprint density at radius 1 is 0.461 bits per heavy atom. The van der Waals surface area contributed by atoms with Gasteiger partial charge in [-0.15, -0.1) is 0 Å². The Morgan fingerprint density at radius 3 is 1.07 bits per heavy atom. The van der Waals surface area contributed by atoms with Crippen molar-refractivity contribution in [2.75, 3.05) is 46.4 Å². The number of rotatable bonds is 24. The van der Waals surface area contributed by atoms with Crippen LogP contribution < -0.4 is 18.9 Å². The molecule has 12 aromatic rings. The van der Waals surface area contributed by atoms with E-state index in [1.807, 2.05) is 30.9 Å². The molecule has 0 unspecified atom stereocenters. The van der Waals surface area contributed by atoms with Crippen molar-refractivity contribution in [3.63, 3.8) is 0 Å². The summed E-state index contributed by atoms with van der Waals surface area (Å²) >= 11 is 0. The molecule has 4 saturated heterocycles. The number of aliphatic carboxylic acids is 1. The van der Waals surface area contributed by atoms with Gasteiger partial charge in [-0.05, 0) is 134 Å². The van der Waals surface area contributed by atoms with Gasteiger partial charge in [-0.2, -0.15) is 45.6 Å². The minimum atomic E-state index is -3.12. The van der Waals surface area contributed by atoms with Crippen molar-refractivity contribution < 1.29 is 91.2 Å². The predicted molar refractivity (Wildman–Crippen MR) is 406 cm³/mol. The fraction of sp³-hybridized carbons (Fsp3) is 0.341. The first-order valence-corrected chi connectivity index (χ1v) is 37.1. The average Bonchev–Trinajstić information content (AvgIpc) is 1.64. The molecule has 8 heterocycles. The van der Waals surface area contributed by atoms with Crippen LogP contribution in [0.2, 0.25) is 0 Å². The number of methoxy groups -OCH3 is 1. The van der Waals surface area contributed by atoms with Crippen molar-refractivity contribution in [1.82, 2.24) is 39.5 Å². The number of alkyl halides is 8. The lowest BCUT2D eigenvalue weighted by atomic mass is 9.84. The molecule has 16 rings (SSSR count). The van der Waals surface area contributed by atoms with E-state index in [1.165, 1.54) is 31.4 Å². The molecule has 22 nitrogen and oxygen atoms in total. The number of nitriles is 2. The number of halogens is 8. The number of fused-ring (bicyclic) bond motifs is 4. The predicted octanol–water partition coefficient (Wildman–Crippen LogP) is 18.6. The first kappa shape index (κ1) is 78.3. The highest BCUT2D eigenvalue weighted by Gasteiger charge is 2.38. The van der Waals surface area contributed by atoms with E-state index in [0.29, 0.717) is 140 Å². The van der Waals surface area contributed by atoms with Crippen molar-refractivity contribution >= 4 is 56.3 Å². The van der Waals surface area contributed by atoms with E-state index in [0.717, 1.165) is 38.2 Å². The van der Waals surface area contributed by atoms with Crippen LogP contribution in [0, 0.1) is 47.3 Å². The van der Waals surface area contributed by atoms with Crippen molar-refractivity contribution in [1.29, 1.82) is 10.5 Å². The second-order valence-corrected chi connectivity index (χ2v) is 30.7. The van der Waals surface area contributed by atoms with Gasteiger partial charge in [0.15, 0.2) is 22.3 Å². The van der Waals surface area contributed by atoms with Crippen LogP contribution in [-0.4, -0.2) is 141 Å². The van der Waals surface area contributed by atoms with Gasteiger partial charge in [-0.1, -0.05) is 76.2 Å². The molecule has 0 aliphatic carbocycles. The Morgan fingerprint density at radius 2 is 0.757 bits per heavy atom. The number of nitrogens with zero attached hydrogens (tertiary/aromatic N) is 10. The zero-order valence-corrected chi connectivity index (χ0v) is 63.3. The number of oxazole rings is 4. The first-order chi connectivity index (χ1) is 55.1. The largest absolute Gasteiger partial charge is 0.480 e. The monoisotopic (exact) mass is 1580 g/mol. The third-order valence-electron chi connectivity index (χ3n) is 21.3. The maximum Gasteiger partial charge on any atom is 0.387 e. The molecule has 0 amide bonds. The summed E-state index contributed by atoms with van der Waals surface area (Å²) in [4.78, 5) is 50.9. The highest BCUT2D eigenvalue weighted by Crippen LogP contribution is 2.45. The van der Waals surface area contributed by atoms with Gasteiger partial charge >= 0.3 is 38.4 Å². The van der Waals surface area contributed by atoms with Crippen LogP contribution in [0.4, 0.5) is 35.1 Å². The molecule has 8 aromatic carbocycles. The molecule has 0 saturated carbocycles. The SMILES string of the molecule is COC(=O)[C@@H]1CCCN1Cc1cc2nc(-c3cccc(-c4cccc(-c5nc6cc(CN7CC(C)(C)C7)c(OC(F)F)cc6o5)c4C#N)c3C)oc2cc1OC(F)F.Cc1c(-c2nc3cc(CN4CCC[C@H]4C(=O)O)c(OC(F)F)cc3o2)cccc1-c1cccc(-c2nc3cc(CN4CC(C)(C)C4)c(OC(F)F)cc3o2)c1C#N. The second-order valence-electron chi connectivity index (χ2n) is 30.7. The van der Waals surface area contributed by atoms with Gasteiger partial charge in [0.05, 0.1) is 29.4 Å². The van der Waals surface area contributed by atoms with Crippen LogP contribution in [0.1, 0.15) is 97.9 Å². The number of ether oxygens (including phenoxy) is 5. The van der Waals surface area contributed by atoms with Crippen LogP contribution in [0.25, 0.3) is 112 Å². The van der Waals surface area contributed by atoms with Crippen molar-refractivity contribution in [2.24, 2.45) is 10.8 Å². The smallest absolute Gasteiger partial charge is 0.387 e. The van der Waals surface area contributed by atoms with E-state index in [4.69, 9.17) is 56.3 Å². The Balaban J connectivity index is 0.000000181. The molecule has 0 spiro atoms. The molecule has 0 radical (unpaired) electrons. The summed E-state index contributed by atoms with van der Waals surface area (Å²) in [7, 11) is 1.32. The highest BCUT2D eigenvalue weighted by atomic mass is 19.3. The summed E-state index contributed by atoms with van der Waals surface area (Å²) in [6.07, 6.45) is 2.46. The van der Waals surface area contributed by atoms with Crippen LogP contribution >= 0.6 is 0 Å². The summed E-state index contributed by atoms with van der Waals surface area (Å²) in [6.45, 7) is 5.33. The van der Waals surface area contributed by atoms with E-state index in [1.54, 1.807) is 89.8 Å². The molecule has 4 aromatic heterocycles. The molecule has 2 atom stereocenters. The van der Waals surface area contributed by atoms with E-state index < -0.39 is 44.5 Å². The van der Waals surface area contributed by atoms with Crippen molar-refractivity contribution in [2.45, 2.75) is 132 Å². The summed E-state index contributed by atoms with van der Waals surface area (Å²) in [6, 6.07) is 36.8. The van der Waals surface area contributed by atoms with Crippen molar-refractivity contribution in [3.8, 4) is 103 Å². The number of carbonyl (C=O) groups is 2. The Kier molecular flexibility index (Phi) is 21.6. The van der Waals surface area contributed by atoms with Gasteiger partial charge in [0.25, 0.3) is 0 Å². The number of carboxylic acid groups (broad SMARTS) is 1. The van der Waals surface area contributed by atoms with Crippen LogP contribution in [0.3, 0.4) is 0 Å². The lowest BCUT2D eigenvalue weighted by Gasteiger charge is -2.46. The molecular weight excluding hydrogens is 1500 g/mol. The third-order valence-corrected chi connectivity index (χ3v) is 21.3. The summed E-state index contributed by atoms with van der Waals surface area (Å²) in [5, 5.41) is 30.7. The van der Waals surface area contributed by atoms with Crippen LogP contribution in [-0.2, 0) is 40.5 Å². The quantitative estimate of drug-likeness (QED) is 0.0435. The number of esters is 1. The molecule has 4 aliphatic rings. The summed E-state index contributed by atoms with van der Waals surface area (Å²) in [5.74, 6) is -0.908. The Bertz CT molecular complexity index is 5830. The standard InChI is InChI=1S/C43H39F4N5O6.C42H37F4N5O6/c1-23-26(8-5-9-27(23)38-49-32-15-25(35(58-42(46)47)17-36(32)55-38)20-52-13-7-12-33(52)40(53)54-4)28-10-6-11-29(30(28)18-48)39-50-31-14-24(19-51-21-43(2,3)22-51)34(57-41(44)45)16-37(31)56-39;1-22-25(7-4-8-26(22)37-48-31-14-24(19-51-12-6-11-32(51)39(52)53)34(57-41(45)46)16-35(31)54-37)27-9-5-10-28(29(27)17-47)38-49-30-13-23(18-50-20-42(2,3)21-50)33(56-40(43)44)15-36(30)55-38/h5-6,8-11,14-17,33,41-42H,7,12-13,19-22H2,1-4H3;4-5,7-10,13-16,32,40-41H,6,11-12,18-21H2,1-3H3,(H,52,53)/t33-;32-/m00/s1. The van der Waals surface area contributed by atoms with E-state index in [9.17, 15) is 60.3 Å². The van der Waals surface area contributed by atoms with E-state index in [-0.39, 0.29) is 110 Å².